The molecule has 0 aliphatic rings. The van der Waals surface area contributed by atoms with E-state index in [9.17, 15) is 14.7 Å². The van der Waals surface area contributed by atoms with E-state index in [1.807, 2.05) is 0 Å². The topological polar surface area (TPSA) is 93.5 Å². The molecule has 1 aromatic heterocycles. The lowest BCUT2D eigenvalue weighted by Crippen LogP contribution is -2.56. The molecule has 0 aliphatic heterocycles. The van der Waals surface area contributed by atoms with Crippen LogP contribution in [0.3, 0.4) is 0 Å². The quantitative estimate of drug-likeness (QED) is 0.626. The Morgan fingerprint density at radius 1 is 1.16 bits per heavy atom. The van der Waals surface area contributed by atoms with Gasteiger partial charge in [-0.15, -0.1) is 0 Å². The van der Waals surface area contributed by atoms with E-state index in [1.54, 1.807) is 30.3 Å². The molecule has 0 spiro atoms. The number of benzene rings is 1. The first-order chi connectivity index (χ1) is 9.04. The number of carboxylic acids is 1. The van der Waals surface area contributed by atoms with E-state index in [1.165, 1.54) is 18.4 Å². The number of carbonyl (C=O) groups excluding carboxylic acids is 1. The van der Waals surface area contributed by atoms with Crippen LogP contribution < -0.4 is 5.73 Å². The summed E-state index contributed by atoms with van der Waals surface area (Å²) in [5.74, 6) is -1.66. The van der Waals surface area contributed by atoms with Gasteiger partial charge in [0.05, 0.1) is 6.26 Å². The van der Waals surface area contributed by atoms with Crippen molar-refractivity contribution in [1.29, 1.82) is 0 Å². The van der Waals surface area contributed by atoms with Crippen LogP contribution in [0.1, 0.15) is 16.1 Å². The molecule has 0 saturated heterocycles. The third-order valence-corrected chi connectivity index (χ3v) is 2.86. The van der Waals surface area contributed by atoms with E-state index in [0.29, 0.717) is 5.76 Å². The van der Waals surface area contributed by atoms with Gasteiger partial charge in [0, 0.05) is 12.0 Å². The van der Waals surface area contributed by atoms with Crippen molar-refractivity contribution in [1.82, 2.24) is 0 Å². The van der Waals surface area contributed by atoms with Crippen LogP contribution in [0.2, 0.25) is 0 Å². The number of Topliss-reactive ketones (excluding diaryl/α,β-unsaturated/α-hetero) is 1. The van der Waals surface area contributed by atoms with Gasteiger partial charge < -0.3 is 15.3 Å². The number of ketones is 1. The van der Waals surface area contributed by atoms with Crippen LogP contribution in [0, 0.1) is 0 Å². The third kappa shape index (κ3) is 2.56. The first kappa shape index (κ1) is 13.0. The molecule has 5 heteroatoms. The van der Waals surface area contributed by atoms with E-state index in [2.05, 4.69) is 0 Å². The largest absolute Gasteiger partial charge is 0.480 e. The monoisotopic (exact) mass is 259 g/mol. The molecule has 0 radical (unpaired) electrons. The van der Waals surface area contributed by atoms with Gasteiger partial charge in [-0.1, -0.05) is 30.3 Å². The second-order valence-corrected chi connectivity index (χ2v) is 4.23. The van der Waals surface area contributed by atoms with Crippen LogP contribution in [0.15, 0.2) is 53.1 Å². The molecule has 0 aliphatic carbocycles. The van der Waals surface area contributed by atoms with Gasteiger partial charge in [-0.3, -0.25) is 4.79 Å². The summed E-state index contributed by atoms with van der Waals surface area (Å²) in [6.45, 7) is 0. The zero-order valence-electron chi connectivity index (χ0n) is 10.1. The number of furan rings is 1. The summed E-state index contributed by atoms with van der Waals surface area (Å²) in [5.41, 5.74) is 4.03. The maximum Gasteiger partial charge on any atom is 0.332 e. The smallest absolute Gasteiger partial charge is 0.332 e. The first-order valence-corrected chi connectivity index (χ1v) is 5.68. The molecular weight excluding hydrogens is 246 g/mol. The summed E-state index contributed by atoms with van der Waals surface area (Å²) in [6.07, 6.45) is 1.22. The fraction of sp³-hybridized carbons (Fsp3) is 0.143. The van der Waals surface area contributed by atoms with Gasteiger partial charge in [-0.25, -0.2) is 4.79 Å². The van der Waals surface area contributed by atoms with Crippen molar-refractivity contribution in [3.05, 3.63) is 60.1 Å². The number of hydrogen-bond acceptors (Lipinski definition) is 4. The Labute approximate surface area is 109 Å². The van der Waals surface area contributed by atoms with Crippen LogP contribution in [0.4, 0.5) is 0 Å². The zero-order chi connectivity index (χ0) is 13.9. The molecule has 2 rings (SSSR count). The molecule has 98 valence electrons. The molecular formula is C14H13NO4. The molecule has 0 amide bonds. The average molecular weight is 259 g/mol. The highest BCUT2D eigenvalue weighted by Crippen LogP contribution is 2.18. The molecule has 1 aromatic carbocycles. The molecule has 3 N–H and O–H groups in total. The van der Waals surface area contributed by atoms with Crippen molar-refractivity contribution in [2.24, 2.45) is 5.73 Å². The summed E-state index contributed by atoms with van der Waals surface area (Å²) in [7, 11) is 0. The van der Waals surface area contributed by atoms with E-state index in [0.717, 1.165) is 0 Å². The Morgan fingerprint density at radius 2 is 1.84 bits per heavy atom. The van der Waals surface area contributed by atoms with Crippen LogP contribution in [0.25, 0.3) is 0 Å². The van der Waals surface area contributed by atoms with Crippen molar-refractivity contribution in [3.63, 3.8) is 0 Å². The Morgan fingerprint density at radius 3 is 2.37 bits per heavy atom. The Kier molecular flexibility index (Phi) is 3.48. The van der Waals surface area contributed by atoms with Gasteiger partial charge in [0.1, 0.15) is 5.76 Å². The lowest BCUT2D eigenvalue weighted by Gasteiger charge is -2.22. The summed E-state index contributed by atoms with van der Waals surface area (Å²) in [5, 5.41) is 9.28. The molecule has 19 heavy (non-hydrogen) atoms. The van der Waals surface area contributed by atoms with Crippen LogP contribution in [0.5, 0.6) is 0 Å². The van der Waals surface area contributed by atoms with Crippen molar-refractivity contribution in [3.8, 4) is 0 Å². The van der Waals surface area contributed by atoms with Crippen LogP contribution in [-0.4, -0.2) is 22.4 Å². The summed E-state index contributed by atoms with van der Waals surface area (Å²) in [4.78, 5) is 23.7. The predicted molar refractivity (Wildman–Crippen MR) is 67.7 cm³/mol. The minimum absolute atomic E-state index is 0.191. The van der Waals surface area contributed by atoms with Gasteiger partial charge in [0.2, 0.25) is 0 Å². The molecule has 0 bridgehead atoms. The zero-order valence-corrected chi connectivity index (χ0v) is 10.1. The van der Waals surface area contributed by atoms with E-state index >= 15 is 0 Å². The van der Waals surface area contributed by atoms with Crippen LogP contribution >= 0.6 is 0 Å². The molecule has 0 fully saturated rings. The molecule has 1 atom stereocenters. The van der Waals surface area contributed by atoms with E-state index < -0.39 is 17.3 Å². The molecule has 0 saturated carbocycles. The minimum atomic E-state index is -2.03. The highest BCUT2D eigenvalue weighted by molar-refractivity contribution is 6.15. The summed E-state index contributed by atoms with van der Waals surface area (Å²) < 4.78 is 5.07. The van der Waals surface area contributed by atoms with Gasteiger partial charge >= 0.3 is 5.97 Å². The fourth-order valence-corrected chi connectivity index (χ4v) is 1.79. The van der Waals surface area contributed by atoms with Gasteiger partial charge in [0.25, 0.3) is 0 Å². The lowest BCUT2D eigenvalue weighted by atomic mass is 9.86. The maximum absolute atomic E-state index is 12.3. The maximum atomic E-state index is 12.3. The molecule has 0 unspecified atom stereocenters. The fourth-order valence-electron chi connectivity index (χ4n) is 1.79. The van der Waals surface area contributed by atoms with Gasteiger partial charge in [0.15, 0.2) is 11.3 Å². The number of carboxylic acid groups (broad SMARTS) is 1. The number of hydrogen-bond donors (Lipinski definition) is 2. The SMILES string of the molecule is N[C@@](Cc1ccco1)(C(=O)O)C(=O)c1ccccc1. The van der Waals surface area contributed by atoms with Crippen molar-refractivity contribution in [2.45, 2.75) is 12.0 Å². The van der Waals surface area contributed by atoms with E-state index in [-0.39, 0.29) is 12.0 Å². The first-order valence-electron chi connectivity index (χ1n) is 5.68. The predicted octanol–water partition coefficient (Wildman–Crippen LogP) is 1.49. The van der Waals surface area contributed by atoms with Gasteiger partial charge in [-0.05, 0) is 12.1 Å². The molecule has 5 nitrogen and oxygen atoms in total. The molecule has 1 heterocycles. The Hall–Kier alpha value is -2.40. The molecule has 2 aromatic rings. The van der Waals surface area contributed by atoms with Gasteiger partial charge in [-0.2, -0.15) is 0 Å². The number of nitrogens with two attached hydrogens (primary N) is 1. The Bertz CT molecular complexity index is 577. The average Bonchev–Trinajstić information content (AvgIpc) is 2.91. The van der Waals surface area contributed by atoms with E-state index in [4.69, 9.17) is 10.2 Å². The summed E-state index contributed by atoms with van der Waals surface area (Å²) in [6, 6.07) is 11.3. The van der Waals surface area contributed by atoms with Crippen LogP contribution in [-0.2, 0) is 11.2 Å². The van der Waals surface area contributed by atoms with Crippen molar-refractivity contribution < 1.29 is 19.1 Å². The number of rotatable bonds is 5. The highest BCUT2D eigenvalue weighted by atomic mass is 16.4. The standard InChI is InChI=1S/C14H13NO4/c15-14(13(17)18,9-11-7-4-8-19-11)12(16)10-5-2-1-3-6-10/h1-8H,9,15H2,(H,17,18)/t14-/m1/s1. The highest BCUT2D eigenvalue weighted by Gasteiger charge is 2.43. The van der Waals surface area contributed by atoms with Crippen molar-refractivity contribution >= 4 is 11.8 Å². The third-order valence-electron chi connectivity index (χ3n) is 2.86. The lowest BCUT2D eigenvalue weighted by molar-refractivity contribution is -0.141. The summed E-state index contributed by atoms with van der Waals surface area (Å²) >= 11 is 0. The Balaban J connectivity index is 2.34. The number of carbonyl (C=O) groups is 2. The normalized spacial score (nSPS) is 13.7. The number of aliphatic carboxylic acids is 1. The minimum Gasteiger partial charge on any atom is -0.480 e. The second-order valence-electron chi connectivity index (χ2n) is 4.23. The van der Waals surface area contributed by atoms with Crippen molar-refractivity contribution in [2.75, 3.05) is 0 Å². The second kappa shape index (κ2) is 5.07.